The predicted octanol–water partition coefficient (Wildman–Crippen LogP) is 2.59. The van der Waals surface area contributed by atoms with Crippen LogP contribution in [0.5, 0.6) is 0 Å². The number of fused-ring (bicyclic) bond motifs is 2. The van der Waals surface area contributed by atoms with Crippen molar-refractivity contribution in [2.45, 2.75) is 19.8 Å². The third kappa shape index (κ3) is 2.33. The van der Waals surface area contributed by atoms with Crippen molar-refractivity contribution in [3.63, 3.8) is 0 Å². The lowest BCUT2D eigenvalue weighted by Gasteiger charge is -2.20. The van der Waals surface area contributed by atoms with E-state index >= 15 is 0 Å². The van der Waals surface area contributed by atoms with E-state index in [9.17, 15) is 0 Å². The normalized spacial score (nSPS) is 26.4. The third-order valence-corrected chi connectivity index (χ3v) is 4.81. The molecule has 0 aliphatic heterocycles. The Morgan fingerprint density at radius 3 is 2.95 bits per heavy atom. The number of tetrazole rings is 1. The SMILES string of the molecule is Cc1ccc(-n2cnnn2)cc1NCC1CC2C=CC1C2. The highest BCUT2D eigenvalue weighted by atomic mass is 15.5. The zero-order valence-corrected chi connectivity index (χ0v) is 12.1. The number of nitrogens with one attached hydrogen (secondary N) is 1. The van der Waals surface area contributed by atoms with Gasteiger partial charge in [-0.1, -0.05) is 18.2 Å². The Bertz CT molecular complexity index is 661. The maximum Gasteiger partial charge on any atom is 0.143 e. The Kier molecular flexibility index (Phi) is 2.98. The zero-order chi connectivity index (χ0) is 14.2. The maximum absolute atomic E-state index is 3.94. The summed E-state index contributed by atoms with van der Waals surface area (Å²) in [5, 5.41) is 15.0. The molecule has 2 bridgehead atoms. The topological polar surface area (TPSA) is 55.6 Å². The van der Waals surface area contributed by atoms with Crippen molar-refractivity contribution in [2.24, 2.45) is 17.8 Å². The molecule has 1 aromatic carbocycles. The number of hydrogen-bond donors (Lipinski definition) is 1. The van der Waals surface area contributed by atoms with Gasteiger partial charge < -0.3 is 5.32 Å². The molecule has 1 N–H and O–H groups in total. The van der Waals surface area contributed by atoms with E-state index in [1.54, 1.807) is 11.0 Å². The fraction of sp³-hybridized carbons (Fsp3) is 0.438. The summed E-state index contributed by atoms with van der Waals surface area (Å²) >= 11 is 0. The molecule has 2 aliphatic carbocycles. The number of benzene rings is 1. The second kappa shape index (κ2) is 4.98. The minimum absolute atomic E-state index is 0.774. The predicted molar refractivity (Wildman–Crippen MR) is 81.2 cm³/mol. The highest BCUT2D eigenvalue weighted by Crippen LogP contribution is 2.43. The van der Waals surface area contributed by atoms with Crippen molar-refractivity contribution < 1.29 is 0 Å². The fourth-order valence-corrected chi connectivity index (χ4v) is 3.59. The Labute approximate surface area is 124 Å². The number of anilines is 1. The minimum Gasteiger partial charge on any atom is -0.384 e. The number of hydrogen-bond acceptors (Lipinski definition) is 4. The Balaban J connectivity index is 1.49. The summed E-state index contributed by atoms with van der Waals surface area (Å²) in [4.78, 5) is 0. The molecule has 1 aromatic heterocycles. The Morgan fingerprint density at radius 2 is 2.24 bits per heavy atom. The second-order valence-corrected chi connectivity index (χ2v) is 6.17. The van der Waals surface area contributed by atoms with Gasteiger partial charge in [0.2, 0.25) is 0 Å². The lowest BCUT2D eigenvalue weighted by atomic mass is 9.93. The Hall–Kier alpha value is -2.17. The zero-order valence-electron chi connectivity index (χ0n) is 12.1. The molecule has 2 aliphatic rings. The van der Waals surface area contributed by atoms with Crippen LogP contribution in [0.15, 0.2) is 36.7 Å². The molecular weight excluding hydrogens is 262 g/mol. The van der Waals surface area contributed by atoms with Crippen LogP contribution in [-0.4, -0.2) is 26.8 Å². The minimum atomic E-state index is 0.774. The second-order valence-electron chi connectivity index (χ2n) is 6.17. The molecule has 1 saturated carbocycles. The lowest BCUT2D eigenvalue weighted by Crippen LogP contribution is -2.18. The van der Waals surface area contributed by atoms with Gasteiger partial charge in [0.15, 0.2) is 0 Å². The average molecular weight is 281 g/mol. The first-order valence-corrected chi connectivity index (χ1v) is 7.56. The molecule has 1 heterocycles. The van der Waals surface area contributed by atoms with E-state index in [4.69, 9.17) is 0 Å². The number of aryl methyl sites for hydroxylation is 1. The highest BCUT2D eigenvalue weighted by molar-refractivity contribution is 5.56. The van der Waals surface area contributed by atoms with E-state index in [1.807, 2.05) is 6.07 Å². The fourth-order valence-electron chi connectivity index (χ4n) is 3.59. The van der Waals surface area contributed by atoms with Gasteiger partial charge in [-0.05, 0) is 65.6 Å². The Morgan fingerprint density at radius 1 is 1.29 bits per heavy atom. The van der Waals surface area contributed by atoms with Gasteiger partial charge in [0, 0.05) is 12.2 Å². The molecule has 3 atom stereocenters. The smallest absolute Gasteiger partial charge is 0.143 e. The van der Waals surface area contributed by atoms with Crippen molar-refractivity contribution >= 4 is 5.69 Å². The van der Waals surface area contributed by atoms with Crippen LogP contribution >= 0.6 is 0 Å². The maximum atomic E-state index is 3.94. The molecular formula is C16H19N5. The van der Waals surface area contributed by atoms with Crippen LogP contribution in [-0.2, 0) is 0 Å². The summed E-state index contributed by atoms with van der Waals surface area (Å²) in [6, 6.07) is 6.27. The molecule has 0 radical (unpaired) electrons. The number of nitrogens with zero attached hydrogens (tertiary/aromatic N) is 4. The lowest BCUT2D eigenvalue weighted by molar-refractivity contribution is 0.472. The van der Waals surface area contributed by atoms with Crippen LogP contribution in [0.25, 0.3) is 5.69 Å². The summed E-state index contributed by atoms with van der Waals surface area (Å²) in [5.74, 6) is 2.39. The summed E-state index contributed by atoms with van der Waals surface area (Å²) in [6.45, 7) is 3.18. The van der Waals surface area contributed by atoms with E-state index in [1.165, 1.54) is 24.1 Å². The number of allylic oxidation sites excluding steroid dienone is 2. The van der Waals surface area contributed by atoms with Gasteiger partial charge in [-0.25, -0.2) is 4.68 Å². The molecule has 2 aromatic rings. The highest BCUT2D eigenvalue weighted by Gasteiger charge is 2.35. The van der Waals surface area contributed by atoms with Crippen LogP contribution < -0.4 is 5.32 Å². The molecule has 5 heteroatoms. The van der Waals surface area contributed by atoms with E-state index in [0.29, 0.717) is 0 Å². The molecule has 3 unspecified atom stereocenters. The molecule has 108 valence electrons. The van der Waals surface area contributed by atoms with E-state index in [-0.39, 0.29) is 0 Å². The molecule has 4 rings (SSSR count). The molecule has 0 saturated heterocycles. The summed E-state index contributed by atoms with van der Waals surface area (Å²) in [6.07, 6.45) is 9.11. The first-order chi connectivity index (χ1) is 10.3. The first kappa shape index (κ1) is 12.6. The van der Waals surface area contributed by atoms with E-state index in [2.05, 4.69) is 52.1 Å². The molecule has 21 heavy (non-hydrogen) atoms. The summed E-state index contributed by atoms with van der Waals surface area (Å²) in [5.41, 5.74) is 3.42. The standard InChI is InChI=1S/C16H19N5/c1-11-2-5-15(21-10-18-19-20-21)8-16(11)17-9-14-7-12-3-4-13(14)6-12/h2-5,8,10,12-14,17H,6-7,9H2,1H3. The van der Waals surface area contributed by atoms with E-state index < -0.39 is 0 Å². The van der Waals surface area contributed by atoms with Crippen molar-refractivity contribution in [2.75, 3.05) is 11.9 Å². The van der Waals surface area contributed by atoms with Crippen molar-refractivity contribution in [3.8, 4) is 5.69 Å². The largest absolute Gasteiger partial charge is 0.384 e. The van der Waals surface area contributed by atoms with Crippen LogP contribution in [0, 0.1) is 24.7 Å². The van der Waals surface area contributed by atoms with Gasteiger partial charge in [-0.15, -0.1) is 5.10 Å². The van der Waals surface area contributed by atoms with E-state index in [0.717, 1.165) is 30.0 Å². The van der Waals surface area contributed by atoms with Gasteiger partial charge in [-0.3, -0.25) is 0 Å². The number of aromatic nitrogens is 4. The van der Waals surface area contributed by atoms with Crippen molar-refractivity contribution in [1.82, 2.24) is 20.2 Å². The van der Waals surface area contributed by atoms with Crippen LogP contribution in [0.2, 0.25) is 0 Å². The monoisotopic (exact) mass is 281 g/mol. The van der Waals surface area contributed by atoms with Crippen LogP contribution in [0.1, 0.15) is 18.4 Å². The van der Waals surface area contributed by atoms with Gasteiger partial charge in [0.05, 0.1) is 5.69 Å². The summed E-state index contributed by atoms with van der Waals surface area (Å²) in [7, 11) is 0. The van der Waals surface area contributed by atoms with Crippen LogP contribution in [0.4, 0.5) is 5.69 Å². The molecule has 0 spiro atoms. The van der Waals surface area contributed by atoms with Gasteiger partial charge >= 0.3 is 0 Å². The van der Waals surface area contributed by atoms with Crippen LogP contribution in [0.3, 0.4) is 0 Å². The first-order valence-electron chi connectivity index (χ1n) is 7.56. The van der Waals surface area contributed by atoms with Crippen molar-refractivity contribution in [1.29, 1.82) is 0 Å². The summed E-state index contributed by atoms with van der Waals surface area (Å²) < 4.78 is 1.69. The quantitative estimate of drug-likeness (QED) is 0.875. The molecule has 1 fully saturated rings. The van der Waals surface area contributed by atoms with Gasteiger partial charge in [-0.2, -0.15) is 0 Å². The van der Waals surface area contributed by atoms with Gasteiger partial charge in [0.25, 0.3) is 0 Å². The average Bonchev–Trinajstić information content (AvgIpc) is 3.23. The third-order valence-electron chi connectivity index (χ3n) is 4.81. The molecule has 0 amide bonds. The molecule has 5 nitrogen and oxygen atoms in total. The van der Waals surface area contributed by atoms with Crippen molar-refractivity contribution in [3.05, 3.63) is 42.2 Å². The number of rotatable bonds is 4. The van der Waals surface area contributed by atoms with Gasteiger partial charge in [0.1, 0.15) is 6.33 Å².